The molecule has 1 heterocycles. The summed E-state index contributed by atoms with van der Waals surface area (Å²) in [4.78, 5) is 10.9. The fourth-order valence-electron chi connectivity index (χ4n) is 3.06. The number of hydrogen-bond donors (Lipinski definition) is 2. The number of nitrogens with one attached hydrogen (secondary N) is 1. The third-order valence-electron chi connectivity index (χ3n) is 4.40. The Bertz CT molecular complexity index is 256. The Morgan fingerprint density at radius 1 is 1.00 bits per heavy atom. The van der Waals surface area contributed by atoms with E-state index in [2.05, 4.69) is 5.32 Å². The lowest BCUT2D eigenvalue weighted by Crippen LogP contribution is -2.33. The van der Waals surface area contributed by atoms with Crippen LogP contribution in [0.5, 0.6) is 0 Å². The fourth-order valence-corrected chi connectivity index (χ4v) is 3.06. The molecule has 0 amide bonds. The molecule has 0 aromatic carbocycles. The Labute approximate surface area is 109 Å². The van der Waals surface area contributed by atoms with Crippen LogP contribution >= 0.6 is 0 Å². The number of carboxylic acid groups (broad SMARTS) is 1. The van der Waals surface area contributed by atoms with Crippen LogP contribution < -0.4 is 5.32 Å². The summed E-state index contributed by atoms with van der Waals surface area (Å²) in [6.07, 6.45) is 6.21. The second kappa shape index (κ2) is 7.10. The minimum absolute atomic E-state index is 0.0863. The molecule has 1 aliphatic heterocycles. The first kappa shape index (κ1) is 13.8. The van der Waals surface area contributed by atoms with Gasteiger partial charge in [0.25, 0.3) is 0 Å². The highest BCUT2D eigenvalue weighted by molar-refractivity contribution is 5.69. The van der Waals surface area contributed by atoms with E-state index in [0.717, 1.165) is 57.9 Å². The molecular weight excluding hydrogens is 230 g/mol. The van der Waals surface area contributed by atoms with E-state index in [1.807, 2.05) is 0 Å². The van der Waals surface area contributed by atoms with Crippen molar-refractivity contribution >= 4 is 5.97 Å². The van der Waals surface area contributed by atoms with E-state index in [-0.39, 0.29) is 5.92 Å². The monoisotopic (exact) mass is 255 g/mol. The van der Waals surface area contributed by atoms with Crippen LogP contribution in [0.3, 0.4) is 0 Å². The highest BCUT2D eigenvalue weighted by Gasteiger charge is 2.25. The van der Waals surface area contributed by atoms with Crippen LogP contribution in [0.15, 0.2) is 0 Å². The van der Waals surface area contributed by atoms with Crippen LogP contribution in [0.4, 0.5) is 0 Å². The molecule has 0 aromatic rings. The molecular formula is C14H25NO3. The molecule has 0 unspecified atom stereocenters. The molecule has 0 spiro atoms. The first-order chi connectivity index (χ1) is 8.75. The quantitative estimate of drug-likeness (QED) is 0.787. The van der Waals surface area contributed by atoms with Crippen molar-refractivity contribution in [2.24, 2.45) is 17.8 Å². The zero-order valence-electron chi connectivity index (χ0n) is 11.1. The molecule has 0 radical (unpaired) electrons. The molecule has 1 saturated carbocycles. The van der Waals surface area contributed by atoms with Gasteiger partial charge >= 0.3 is 5.97 Å². The third kappa shape index (κ3) is 4.25. The number of carboxylic acids is 1. The van der Waals surface area contributed by atoms with Crippen LogP contribution in [0.2, 0.25) is 0 Å². The first-order valence-corrected chi connectivity index (χ1v) is 7.27. The Morgan fingerprint density at radius 3 is 2.11 bits per heavy atom. The summed E-state index contributed by atoms with van der Waals surface area (Å²) in [5.74, 6) is 0.759. The second-order valence-electron chi connectivity index (χ2n) is 5.77. The molecule has 1 saturated heterocycles. The van der Waals surface area contributed by atoms with Crippen LogP contribution in [0, 0.1) is 17.8 Å². The van der Waals surface area contributed by atoms with Gasteiger partial charge in [-0.15, -0.1) is 0 Å². The average Bonchev–Trinajstić information content (AvgIpc) is 2.40. The molecule has 104 valence electrons. The van der Waals surface area contributed by atoms with Crippen molar-refractivity contribution in [1.82, 2.24) is 5.32 Å². The lowest BCUT2D eigenvalue weighted by Gasteiger charge is -2.28. The number of hydrogen-bond acceptors (Lipinski definition) is 3. The Hall–Kier alpha value is -0.610. The molecule has 0 aromatic heterocycles. The number of carbonyl (C=O) groups is 1. The molecule has 1 aliphatic carbocycles. The molecule has 2 fully saturated rings. The average molecular weight is 255 g/mol. The predicted molar refractivity (Wildman–Crippen MR) is 69.5 cm³/mol. The zero-order chi connectivity index (χ0) is 12.8. The van der Waals surface area contributed by atoms with Gasteiger partial charge < -0.3 is 15.2 Å². The minimum atomic E-state index is -0.608. The predicted octanol–water partition coefficient (Wildman–Crippen LogP) is 1.89. The zero-order valence-corrected chi connectivity index (χ0v) is 11.1. The molecule has 18 heavy (non-hydrogen) atoms. The normalized spacial score (nSPS) is 30.2. The van der Waals surface area contributed by atoms with E-state index >= 15 is 0 Å². The van der Waals surface area contributed by atoms with Crippen LogP contribution in [-0.4, -0.2) is 37.4 Å². The maximum absolute atomic E-state index is 10.9. The van der Waals surface area contributed by atoms with Gasteiger partial charge in [-0.25, -0.2) is 0 Å². The highest BCUT2D eigenvalue weighted by atomic mass is 16.5. The van der Waals surface area contributed by atoms with Gasteiger partial charge in [0, 0.05) is 13.2 Å². The van der Waals surface area contributed by atoms with Crippen molar-refractivity contribution in [3.63, 3.8) is 0 Å². The number of ether oxygens (including phenoxy) is 1. The van der Waals surface area contributed by atoms with E-state index in [1.54, 1.807) is 0 Å². The molecule has 4 heteroatoms. The maximum atomic E-state index is 10.9. The summed E-state index contributed by atoms with van der Waals surface area (Å²) >= 11 is 0. The van der Waals surface area contributed by atoms with Crippen molar-refractivity contribution in [2.75, 3.05) is 26.3 Å². The SMILES string of the molecule is O=C(O)C1CCC(CNCC2CCOCC2)CC1. The number of aliphatic carboxylic acids is 1. The van der Waals surface area contributed by atoms with Crippen molar-refractivity contribution < 1.29 is 14.6 Å². The summed E-state index contributed by atoms with van der Waals surface area (Å²) < 4.78 is 5.35. The molecule has 2 rings (SSSR count). The summed E-state index contributed by atoms with van der Waals surface area (Å²) in [6, 6.07) is 0. The molecule has 0 bridgehead atoms. The van der Waals surface area contributed by atoms with Gasteiger partial charge in [0.2, 0.25) is 0 Å². The lowest BCUT2D eigenvalue weighted by atomic mass is 9.82. The minimum Gasteiger partial charge on any atom is -0.481 e. The molecule has 0 atom stereocenters. The van der Waals surface area contributed by atoms with Gasteiger partial charge in [0.1, 0.15) is 0 Å². The Morgan fingerprint density at radius 2 is 1.56 bits per heavy atom. The van der Waals surface area contributed by atoms with Gasteiger partial charge in [-0.05, 0) is 63.5 Å². The smallest absolute Gasteiger partial charge is 0.306 e. The van der Waals surface area contributed by atoms with Crippen LogP contribution in [0.25, 0.3) is 0 Å². The summed E-state index contributed by atoms with van der Waals surface area (Å²) in [7, 11) is 0. The maximum Gasteiger partial charge on any atom is 0.306 e. The second-order valence-corrected chi connectivity index (χ2v) is 5.77. The van der Waals surface area contributed by atoms with E-state index in [9.17, 15) is 4.79 Å². The van der Waals surface area contributed by atoms with Crippen molar-refractivity contribution in [3.8, 4) is 0 Å². The number of rotatable bonds is 5. The van der Waals surface area contributed by atoms with Crippen molar-refractivity contribution in [2.45, 2.75) is 38.5 Å². The van der Waals surface area contributed by atoms with Crippen LogP contribution in [0.1, 0.15) is 38.5 Å². The first-order valence-electron chi connectivity index (χ1n) is 7.27. The van der Waals surface area contributed by atoms with Gasteiger partial charge in [0.15, 0.2) is 0 Å². The Balaban J connectivity index is 1.56. The topological polar surface area (TPSA) is 58.6 Å². The van der Waals surface area contributed by atoms with Gasteiger partial charge in [-0.2, -0.15) is 0 Å². The molecule has 2 N–H and O–H groups in total. The van der Waals surface area contributed by atoms with E-state index in [4.69, 9.17) is 9.84 Å². The largest absolute Gasteiger partial charge is 0.481 e. The lowest BCUT2D eigenvalue weighted by molar-refractivity contribution is -0.143. The Kier molecular flexibility index (Phi) is 5.45. The van der Waals surface area contributed by atoms with E-state index < -0.39 is 5.97 Å². The third-order valence-corrected chi connectivity index (χ3v) is 4.40. The molecule has 2 aliphatic rings. The fraction of sp³-hybridized carbons (Fsp3) is 0.929. The molecule has 4 nitrogen and oxygen atoms in total. The highest BCUT2D eigenvalue weighted by Crippen LogP contribution is 2.28. The standard InChI is InChI=1S/C14H25NO3/c16-14(17)13-3-1-11(2-4-13)9-15-10-12-5-7-18-8-6-12/h11-13,15H,1-10H2,(H,16,17). The summed E-state index contributed by atoms with van der Waals surface area (Å²) in [6.45, 7) is 3.98. The summed E-state index contributed by atoms with van der Waals surface area (Å²) in [5, 5.41) is 12.5. The van der Waals surface area contributed by atoms with E-state index in [0.29, 0.717) is 5.92 Å². The van der Waals surface area contributed by atoms with Crippen molar-refractivity contribution in [1.29, 1.82) is 0 Å². The van der Waals surface area contributed by atoms with Crippen molar-refractivity contribution in [3.05, 3.63) is 0 Å². The van der Waals surface area contributed by atoms with Crippen LogP contribution in [-0.2, 0) is 9.53 Å². The van der Waals surface area contributed by atoms with Gasteiger partial charge in [-0.1, -0.05) is 0 Å². The summed E-state index contributed by atoms with van der Waals surface area (Å²) in [5.41, 5.74) is 0. The van der Waals surface area contributed by atoms with Gasteiger partial charge in [0.05, 0.1) is 5.92 Å². The van der Waals surface area contributed by atoms with E-state index in [1.165, 1.54) is 12.8 Å². The van der Waals surface area contributed by atoms with Gasteiger partial charge in [-0.3, -0.25) is 4.79 Å².